The summed E-state index contributed by atoms with van der Waals surface area (Å²) in [5, 5.41) is 14.7. The summed E-state index contributed by atoms with van der Waals surface area (Å²) in [5.74, 6) is 0. The van der Waals surface area contributed by atoms with E-state index in [9.17, 15) is 5.11 Å². The van der Waals surface area contributed by atoms with Gasteiger partial charge in [0.25, 0.3) is 0 Å². The molecule has 2 rings (SSSR count). The van der Waals surface area contributed by atoms with Crippen LogP contribution >= 0.6 is 0 Å². The molecule has 0 amide bonds. The zero-order chi connectivity index (χ0) is 12.4. The monoisotopic (exact) mass is 230 g/mol. The lowest BCUT2D eigenvalue weighted by molar-refractivity contribution is 0.206. The van der Waals surface area contributed by atoms with E-state index in [1.807, 2.05) is 49.7 Å². The predicted octanol–water partition coefficient (Wildman–Crippen LogP) is 2.60. The van der Waals surface area contributed by atoms with Crippen molar-refractivity contribution in [2.75, 3.05) is 0 Å². The number of rotatable bonds is 3. The average molecular weight is 230 g/mol. The van der Waals surface area contributed by atoms with Gasteiger partial charge >= 0.3 is 0 Å². The van der Waals surface area contributed by atoms with Gasteiger partial charge in [0.15, 0.2) is 0 Å². The Morgan fingerprint density at radius 1 is 1.24 bits per heavy atom. The second-order valence-electron chi connectivity index (χ2n) is 4.28. The highest BCUT2D eigenvalue weighted by Gasteiger charge is 2.18. The molecule has 0 spiro atoms. The summed E-state index contributed by atoms with van der Waals surface area (Å²) in [6.45, 7) is 6.84. The molecule has 1 N–H and O–H groups in total. The molecule has 1 heterocycles. The van der Waals surface area contributed by atoms with Gasteiger partial charge in [-0.05, 0) is 43.5 Å². The highest BCUT2D eigenvalue weighted by Crippen LogP contribution is 2.27. The summed E-state index contributed by atoms with van der Waals surface area (Å²) in [4.78, 5) is 0. The standard InChI is InChI=1S/C14H18N2O/c1-4-16-12(8-9-15-16)14(17)13-10(2)6-5-7-11(13)3/h5-9,14,17H,4H2,1-3H3. The molecule has 3 heteroatoms. The van der Waals surface area contributed by atoms with Gasteiger partial charge in [0.05, 0.1) is 5.69 Å². The van der Waals surface area contributed by atoms with Crippen LogP contribution in [-0.2, 0) is 6.54 Å². The highest BCUT2D eigenvalue weighted by molar-refractivity contribution is 5.38. The predicted molar refractivity (Wildman–Crippen MR) is 67.9 cm³/mol. The van der Waals surface area contributed by atoms with Crippen molar-refractivity contribution >= 4 is 0 Å². The van der Waals surface area contributed by atoms with Crippen molar-refractivity contribution in [3.8, 4) is 0 Å². The Labute approximate surface area is 102 Å². The molecule has 90 valence electrons. The van der Waals surface area contributed by atoms with E-state index in [0.717, 1.165) is 28.9 Å². The lowest BCUT2D eigenvalue weighted by atomic mass is 9.96. The summed E-state index contributed by atoms with van der Waals surface area (Å²) in [6.07, 6.45) is 1.13. The molecule has 0 aliphatic rings. The van der Waals surface area contributed by atoms with E-state index >= 15 is 0 Å². The topological polar surface area (TPSA) is 38.0 Å². The van der Waals surface area contributed by atoms with Crippen molar-refractivity contribution in [2.45, 2.75) is 33.4 Å². The number of aliphatic hydroxyl groups excluding tert-OH is 1. The minimum atomic E-state index is -0.598. The molecule has 2 aromatic rings. The second kappa shape index (κ2) is 4.72. The van der Waals surface area contributed by atoms with Gasteiger partial charge in [0.2, 0.25) is 0 Å². The van der Waals surface area contributed by atoms with E-state index in [0.29, 0.717) is 0 Å². The number of nitrogens with zero attached hydrogens (tertiary/aromatic N) is 2. The maximum atomic E-state index is 10.5. The Bertz CT molecular complexity index is 496. The van der Waals surface area contributed by atoms with E-state index in [4.69, 9.17) is 0 Å². The Kier molecular flexibility index (Phi) is 3.29. The summed E-state index contributed by atoms with van der Waals surface area (Å²) in [6, 6.07) is 7.94. The van der Waals surface area contributed by atoms with E-state index in [1.54, 1.807) is 6.20 Å². The van der Waals surface area contributed by atoms with Crippen molar-refractivity contribution in [1.82, 2.24) is 9.78 Å². The molecule has 0 fully saturated rings. The molecule has 17 heavy (non-hydrogen) atoms. The minimum absolute atomic E-state index is 0.598. The van der Waals surface area contributed by atoms with E-state index in [-0.39, 0.29) is 0 Å². The fourth-order valence-electron chi connectivity index (χ4n) is 2.25. The summed E-state index contributed by atoms with van der Waals surface area (Å²) >= 11 is 0. The molecule has 1 unspecified atom stereocenters. The van der Waals surface area contributed by atoms with Gasteiger partial charge in [0.1, 0.15) is 6.10 Å². The van der Waals surface area contributed by atoms with E-state index in [2.05, 4.69) is 5.10 Å². The number of hydrogen-bond acceptors (Lipinski definition) is 2. The molecule has 0 radical (unpaired) electrons. The van der Waals surface area contributed by atoms with Crippen molar-refractivity contribution in [1.29, 1.82) is 0 Å². The summed E-state index contributed by atoms with van der Waals surface area (Å²) in [5.41, 5.74) is 4.07. The Morgan fingerprint density at radius 3 is 2.47 bits per heavy atom. The van der Waals surface area contributed by atoms with Crippen LogP contribution in [0.25, 0.3) is 0 Å². The third-order valence-corrected chi connectivity index (χ3v) is 3.14. The first-order valence-corrected chi connectivity index (χ1v) is 5.91. The zero-order valence-corrected chi connectivity index (χ0v) is 10.5. The number of benzene rings is 1. The highest BCUT2D eigenvalue weighted by atomic mass is 16.3. The van der Waals surface area contributed by atoms with Crippen molar-refractivity contribution < 1.29 is 5.11 Å². The fourth-order valence-corrected chi connectivity index (χ4v) is 2.25. The number of hydrogen-bond donors (Lipinski definition) is 1. The first-order valence-electron chi connectivity index (χ1n) is 5.91. The first-order chi connectivity index (χ1) is 8.15. The second-order valence-corrected chi connectivity index (χ2v) is 4.28. The maximum absolute atomic E-state index is 10.5. The van der Waals surface area contributed by atoms with Gasteiger partial charge in [0, 0.05) is 12.7 Å². The van der Waals surface area contributed by atoms with Crippen molar-refractivity contribution in [3.63, 3.8) is 0 Å². The van der Waals surface area contributed by atoms with Crippen LogP contribution in [0.15, 0.2) is 30.5 Å². The van der Waals surface area contributed by atoms with E-state index < -0.39 is 6.10 Å². The molecule has 1 aromatic carbocycles. The van der Waals surface area contributed by atoms with Crippen LogP contribution in [0, 0.1) is 13.8 Å². The average Bonchev–Trinajstić information content (AvgIpc) is 2.76. The fraction of sp³-hybridized carbons (Fsp3) is 0.357. The zero-order valence-electron chi connectivity index (χ0n) is 10.5. The molecule has 0 aliphatic heterocycles. The van der Waals surface area contributed by atoms with E-state index in [1.165, 1.54) is 0 Å². The molecule has 1 atom stereocenters. The van der Waals surface area contributed by atoms with Crippen molar-refractivity contribution in [2.24, 2.45) is 0 Å². The molecule has 0 saturated heterocycles. The van der Waals surface area contributed by atoms with Crippen LogP contribution < -0.4 is 0 Å². The normalized spacial score (nSPS) is 12.7. The largest absolute Gasteiger partial charge is 0.382 e. The van der Waals surface area contributed by atoms with Crippen LogP contribution in [0.1, 0.15) is 35.4 Å². The molecular weight excluding hydrogens is 212 g/mol. The third kappa shape index (κ3) is 2.11. The first kappa shape index (κ1) is 11.9. The molecule has 0 saturated carbocycles. The SMILES string of the molecule is CCn1nccc1C(O)c1c(C)cccc1C. The van der Waals surface area contributed by atoms with Gasteiger partial charge in [-0.15, -0.1) is 0 Å². The number of aliphatic hydroxyl groups is 1. The van der Waals surface area contributed by atoms with Crippen LogP contribution in [0.2, 0.25) is 0 Å². The van der Waals surface area contributed by atoms with Crippen LogP contribution in [0.4, 0.5) is 0 Å². The maximum Gasteiger partial charge on any atom is 0.121 e. The number of aromatic nitrogens is 2. The van der Waals surface area contributed by atoms with Gasteiger partial charge in [-0.3, -0.25) is 4.68 Å². The summed E-state index contributed by atoms with van der Waals surface area (Å²) in [7, 11) is 0. The van der Waals surface area contributed by atoms with Gasteiger partial charge in [-0.1, -0.05) is 18.2 Å². The van der Waals surface area contributed by atoms with Crippen LogP contribution in [0.3, 0.4) is 0 Å². The third-order valence-electron chi connectivity index (χ3n) is 3.14. The van der Waals surface area contributed by atoms with Crippen LogP contribution in [-0.4, -0.2) is 14.9 Å². The molecular formula is C14H18N2O. The van der Waals surface area contributed by atoms with Crippen LogP contribution in [0.5, 0.6) is 0 Å². The summed E-state index contributed by atoms with van der Waals surface area (Å²) < 4.78 is 1.83. The van der Waals surface area contributed by atoms with Gasteiger partial charge in [-0.25, -0.2) is 0 Å². The Morgan fingerprint density at radius 2 is 1.88 bits per heavy atom. The number of aryl methyl sites for hydroxylation is 3. The Hall–Kier alpha value is -1.61. The van der Waals surface area contributed by atoms with Crippen molar-refractivity contribution in [3.05, 3.63) is 52.8 Å². The molecule has 3 nitrogen and oxygen atoms in total. The lowest BCUT2D eigenvalue weighted by Gasteiger charge is -2.17. The minimum Gasteiger partial charge on any atom is -0.382 e. The molecule has 0 bridgehead atoms. The lowest BCUT2D eigenvalue weighted by Crippen LogP contribution is -2.11. The van der Waals surface area contributed by atoms with Gasteiger partial charge < -0.3 is 5.11 Å². The van der Waals surface area contributed by atoms with Gasteiger partial charge in [-0.2, -0.15) is 5.10 Å². The Balaban J connectivity index is 2.47. The molecule has 1 aromatic heterocycles. The molecule has 0 aliphatic carbocycles. The quantitative estimate of drug-likeness (QED) is 0.880. The smallest absolute Gasteiger partial charge is 0.121 e.